The van der Waals surface area contributed by atoms with E-state index in [0.717, 1.165) is 24.9 Å². The minimum atomic E-state index is 0.266. The number of hydrogen-bond acceptors (Lipinski definition) is 3. The fourth-order valence-corrected chi connectivity index (χ4v) is 4.37. The second kappa shape index (κ2) is 5.82. The van der Waals surface area contributed by atoms with Crippen molar-refractivity contribution in [3.63, 3.8) is 0 Å². The highest BCUT2D eigenvalue weighted by molar-refractivity contribution is 7.11. The first-order valence-electron chi connectivity index (χ1n) is 7.73. The van der Waals surface area contributed by atoms with Crippen molar-refractivity contribution in [1.82, 2.24) is 5.32 Å². The molecule has 2 N–H and O–H groups in total. The van der Waals surface area contributed by atoms with Crippen molar-refractivity contribution in [1.29, 1.82) is 0 Å². The highest BCUT2D eigenvalue weighted by atomic mass is 32.1. The van der Waals surface area contributed by atoms with Gasteiger partial charge in [-0.25, -0.2) is 0 Å². The molecule has 3 heteroatoms. The third-order valence-corrected chi connectivity index (χ3v) is 5.73. The molecule has 112 valence electrons. The number of hydrogen-bond donors (Lipinski definition) is 2. The number of benzene rings is 1. The first kappa shape index (κ1) is 14.6. The van der Waals surface area contributed by atoms with Gasteiger partial charge in [0.05, 0.1) is 0 Å². The van der Waals surface area contributed by atoms with Crippen molar-refractivity contribution in [3.8, 4) is 5.75 Å². The Morgan fingerprint density at radius 3 is 2.67 bits per heavy atom. The lowest BCUT2D eigenvalue weighted by atomic mass is 9.97. The summed E-state index contributed by atoms with van der Waals surface area (Å²) in [5, 5.41) is 13.9. The highest BCUT2D eigenvalue weighted by Gasteiger charge is 2.31. The number of thiophene rings is 1. The van der Waals surface area contributed by atoms with E-state index in [0.29, 0.717) is 11.7 Å². The molecule has 0 amide bonds. The Morgan fingerprint density at radius 1 is 1.19 bits per heavy atom. The molecular weight excluding hydrogens is 278 g/mol. The Balaban J connectivity index is 1.78. The van der Waals surface area contributed by atoms with Crippen LogP contribution < -0.4 is 5.32 Å². The summed E-state index contributed by atoms with van der Waals surface area (Å²) in [5.74, 6) is 0.956. The molecule has 21 heavy (non-hydrogen) atoms. The van der Waals surface area contributed by atoms with Crippen molar-refractivity contribution in [2.24, 2.45) is 0 Å². The third-order valence-electron chi connectivity index (χ3n) is 4.50. The van der Waals surface area contributed by atoms with Crippen LogP contribution in [0.4, 0.5) is 0 Å². The Kier molecular flexibility index (Phi) is 4.05. The third kappa shape index (κ3) is 2.72. The van der Waals surface area contributed by atoms with Crippen LogP contribution in [0.2, 0.25) is 0 Å². The Labute approximate surface area is 130 Å². The number of fused-ring (bicyclic) bond motifs is 1. The van der Waals surface area contributed by atoms with Gasteiger partial charge in [-0.15, -0.1) is 11.3 Å². The zero-order chi connectivity index (χ0) is 15.0. The van der Waals surface area contributed by atoms with E-state index in [1.807, 2.05) is 23.5 Å². The van der Waals surface area contributed by atoms with Crippen LogP contribution in [-0.2, 0) is 13.0 Å². The molecule has 2 unspecified atom stereocenters. The van der Waals surface area contributed by atoms with Crippen LogP contribution in [0.5, 0.6) is 5.75 Å². The molecule has 1 aliphatic rings. The summed E-state index contributed by atoms with van der Waals surface area (Å²) < 4.78 is 0. The summed E-state index contributed by atoms with van der Waals surface area (Å²) in [6.07, 6.45) is 2.17. The first-order chi connectivity index (χ1) is 10.1. The van der Waals surface area contributed by atoms with Crippen LogP contribution in [0.25, 0.3) is 0 Å². The van der Waals surface area contributed by atoms with Crippen molar-refractivity contribution >= 4 is 11.3 Å². The summed E-state index contributed by atoms with van der Waals surface area (Å²) in [6.45, 7) is 7.48. The average Bonchev–Trinajstić information content (AvgIpc) is 3.05. The summed E-state index contributed by atoms with van der Waals surface area (Å²) in [5.41, 5.74) is 3.76. The van der Waals surface area contributed by atoms with E-state index in [1.54, 1.807) is 0 Å². The standard InChI is InChI=1S/C18H23NOS/c1-4-13-6-7-14(21-13)10-19-15-9-12(3)17-11(2)5-8-16(20)18(15)17/h5-8,12,15,19-20H,4,9-10H2,1-3H3. The summed E-state index contributed by atoms with van der Waals surface area (Å²) in [7, 11) is 0. The predicted octanol–water partition coefficient (Wildman–Crippen LogP) is 4.66. The van der Waals surface area contributed by atoms with Crippen LogP contribution in [0.3, 0.4) is 0 Å². The molecule has 0 fully saturated rings. The molecule has 3 rings (SSSR count). The van der Waals surface area contributed by atoms with Crippen molar-refractivity contribution in [2.45, 2.75) is 52.1 Å². The van der Waals surface area contributed by atoms with Gasteiger partial charge in [0.25, 0.3) is 0 Å². The summed E-state index contributed by atoms with van der Waals surface area (Å²) >= 11 is 1.88. The van der Waals surface area contributed by atoms with Crippen LogP contribution >= 0.6 is 11.3 Å². The van der Waals surface area contributed by atoms with Gasteiger partial charge in [-0.3, -0.25) is 0 Å². The van der Waals surface area contributed by atoms with Crippen molar-refractivity contribution < 1.29 is 5.11 Å². The molecule has 1 aliphatic carbocycles. The predicted molar refractivity (Wildman–Crippen MR) is 89.2 cm³/mol. The van der Waals surface area contributed by atoms with Crippen molar-refractivity contribution in [2.75, 3.05) is 0 Å². The molecule has 0 saturated carbocycles. The van der Waals surface area contributed by atoms with Gasteiger partial charge in [0, 0.05) is 27.9 Å². The van der Waals surface area contributed by atoms with Gasteiger partial charge in [-0.1, -0.05) is 19.9 Å². The van der Waals surface area contributed by atoms with Gasteiger partial charge in [-0.05, 0) is 55.0 Å². The zero-order valence-corrected chi connectivity index (χ0v) is 13.8. The average molecular weight is 301 g/mol. The Morgan fingerprint density at radius 2 is 1.95 bits per heavy atom. The number of phenols is 1. The number of nitrogens with one attached hydrogen (secondary N) is 1. The Hall–Kier alpha value is -1.32. The van der Waals surface area contributed by atoms with Gasteiger partial charge in [0.2, 0.25) is 0 Å². The van der Waals surface area contributed by atoms with E-state index in [4.69, 9.17) is 0 Å². The molecular formula is C18H23NOS. The number of phenolic OH excluding ortho intramolecular Hbond substituents is 1. The zero-order valence-electron chi connectivity index (χ0n) is 12.9. The van der Waals surface area contributed by atoms with Crippen molar-refractivity contribution in [3.05, 3.63) is 50.7 Å². The smallest absolute Gasteiger partial charge is 0.120 e. The van der Waals surface area contributed by atoms with Gasteiger partial charge >= 0.3 is 0 Å². The van der Waals surface area contributed by atoms with Crippen LogP contribution in [0.15, 0.2) is 24.3 Å². The number of aromatic hydroxyl groups is 1. The maximum absolute atomic E-state index is 10.2. The highest BCUT2D eigenvalue weighted by Crippen LogP contribution is 2.46. The molecule has 0 saturated heterocycles. The largest absolute Gasteiger partial charge is 0.508 e. The number of aryl methyl sites for hydroxylation is 2. The molecule has 1 aromatic heterocycles. The topological polar surface area (TPSA) is 32.3 Å². The fourth-order valence-electron chi connectivity index (χ4n) is 3.46. The van der Waals surface area contributed by atoms with E-state index < -0.39 is 0 Å². The van der Waals surface area contributed by atoms with E-state index >= 15 is 0 Å². The summed E-state index contributed by atoms with van der Waals surface area (Å²) in [6, 6.07) is 8.56. The molecule has 0 radical (unpaired) electrons. The maximum Gasteiger partial charge on any atom is 0.120 e. The Bertz CT molecular complexity index is 647. The SMILES string of the molecule is CCc1ccc(CNC2CC(C)c3c(C)ccc(O)c32)s1. The molecule has 1 heterocycles. The minimum Gasteiger partial charge on any atom is -0.508 e. The molecule has 0 bridgehead atoms. The molecule has 2 atom stereocenters. The monoisotopic (exact) mass is 301 g/mol. The maximum atomic E-state index is 10.2. The quantitative estimate of drug-likeness (QED) is 0.860. The second-order valence-corrected chi connectivity index (χ2v) is 7.27. The van der Waals surface area contributed by atoms with E-state index in [9.17, 15) is 5.11 Å². The molecule has 0 spiro atoms. The van der Waals surface area contributed by atoms with Crippen LogP contribution in [-0.4, -0.2) is 5.11 Å². The van der Waals surface area contributed by atoms with Gasteiger partial charge in [0.15, 0.2) is 0 Å². The minimum absolute atomic E-state index is 0.266. The first-order valence-corrected chi connectivity index (χ1v) is 8.55. The lowest BCUT2D eigenvalue weighted by Crippen LogP contribution is -2.18. The van der Waals surface area contributed by atoms with Gasteiger partial charge in [-0.2, -0.15) is 0 Å². The van der Waals surface area contributed by atoms with E-state index in [1.165, 1.54) is 20.9 Å². The molecule has 2 nitrogen and oxygen atoms in total. The van der Waals surface area contributed by atoms with E-state index in [-0.39, 0.29) is 6.04 Å². The molecule has 0 aliphatic heterocycles. The fraction of sp³-hybridized carbons (Fsp3) is 0.444. The second-order valence-electron chi connectivity index (χ2n) is 6.02. The summed E-state index contributed by atoms with van der Waals surface area (Å²) in [4.78, 5) is 2.81. The van der Waals surface area contributed by atoms with Gasteiger partial charge < -0.3 is 10.4 Å². The lowest BCUT2D eigenvalue weighted by molar-refractivity contribution is 0.445. The van der Waals surface area contributed by atoms with Crippen LogP contribution in [0, 0.1) is 6.92 Å². The van der Waals surface area contributed by atoms with Crippen LogP contribution in [0.1, 0.15) is 58.7 Å². The van der Waals surface area contributed by atoms with E-state index in [2.05, 4.69) is 38.2 Å². The normalized spacial score (nSPS) is 20.7. The van der Waals surface area contributed by atoms with Gasteiger partial charge in [0.1, 0.15) is 5.75 Å². The molecule has 1 aromatic carbocycles. The number of rotatable bonds is 4. The molecule has 2 aromatic rings. The lowest BCUT2D eigenvalue weighted by Gasteiger charge is -2.15.